The van der Waals surface area contributed by atoms with Crippen molar-refractivity contribution in [3.8, 4) is 0 Å². The van der Waals surface area contributed by atoms with E-state index in [1.807, 2.05) is 0 Å². The van der Waals surface area contributed by atoms with Crippen LogP contribution in [-0.4, -0.2) is 25.2 Å². The van der Waals surface area contributed by atoms with Gasteiger partial charge in [0.1, 0.15) is 0 Å². The maximum Gasteiger partial charge on any atom is 0.0515 e. The smallest absolute Gasteiger partial charge is 0.0515 e. The lowest BCUT2D eigenvalue weighted by atomic mass is 9.98. The SMILES string of the molecule is CC1CN(c2ccc(Br)cc2Br)C(C(C)C)CN1. The van der Waals surface area contributed by atoms with Crippen LogP contribution in [0.4, 0.5) is 5.69 Å². The first-order valence-corrected chi connectivity index (χ1v) is 8.02. The van der Waals surface area contributed by atoms with E-state index in [1.165, 1.54) is 5.69 Å². The van der Waals surface area contributed by atoms with Gasteiger partial charge in [-0.05, 0) is 47.0 Å². The Morgan fingerprint density at radius 3 is 2.67 bits per heavy atom. The van der Waals surface area contributed by atoms with Gasteiger partial charge in [-0.2, -0.15) is 0 Å². The predicted octanol–water partition coefficient (Wildman–Crippen LogP) is 4.03. The van der Waals surface area contributed by atoms with Crippen molar-refractivity contribution in [2.24, 2.45) is 5.92 Å². The van der Waals surface area contributed by atoms with Gasteiger partial charge in [0, 0.05) is 34.1 Å². The van der Waals surface area contributed by atoms with Gasteiger partial charge in [0.2, 0.25) is 0 Å². The third-order valence-corrected chi connectivity index (χ3v) is 4.66. The van der Waals surface area contributed by atoms with Crippen LogP contribution in [-0.2, 0) is 0 Å². The number of rotatable bonds is 2. The number of nitrogens with zero attached hydrogens (tertiary/aromatic N) is 1. The van der Waals surface area contributed by atoms with Crippen LogP contribution in [0.3, 0.4) is 0 Å². The Kier molecular flexibility index (Phi) is 4.73. The summed E-state index contributed by atoms with van der Waals surface area (Å²) in [6.07, 6.45) is 0. The van der Waals surface area contributed by atoms with E-state index in [0.717, 1.165) is 22.0 Å². The van der Waals surface area contributed by atoms with Gasteiger partial charge >= 0.3 is 0 Å². The molecule has 4 heteroatoms. The van der Waals surface area contributed by atoms with Crippen LogP contribution < -0.4 is 10.2 Å². The molecule has 2 rings (SSSR count). The predicted molar refractivity (Wildman–Crippen MR) is 85.3 cm³/mol. The largest absolute Gasteiger partial charge is 0.365 e. The number of nitrogens with one attached hydrogen (secondary N) is 1. The van der Waals surface area contributed by atoms with E-state index in [2.05, 4.69) is 81.0 Å². The van der Waals surface area contributed by atoms with Crippen molar-refractivity contribution >= 4 is 37.5 Å². The van der Waals surface area contributed by atoms with Gasteiger partial charge in [0.15, 0.2) is 0 Å². The van der Waals surface area contributed by atoms with Crippen molar-refractivity contribution < 1.29 is 0 Å². The molecule has 0 bridgehead atoms. The van der Waals surface area contributed by atoms with E-state index in [0.29, 0.717) is 18.0 Å². The summed E-state index contributed by atoms with van der Waals surface area (Å²) < 4.78 is 2.28. The lowest BCUT2D eigenvalue weighted by molar-refractivity contribution is 0.349. The normalized spacial score (nSPS) is 24.7. The second-order valence-corrected chi connectivity index (χ2v) is 7.14. The standard InChI is InChI=1S/C14H20Br2N2/c1-9(2)14-7-17-10(3)8-18(14)13-5-4-11(15)6-12(13)16/h4-6,9-10,14,17H,7-8H2,1-3H3. The maximum absolute atomic E-state index is 3.69. The molecule has 100 valence electrons. The minimum absolute atomic E-state index is 0.538. The Labute approximate surface area is 126 Å². The number of hydrogen-bond donors (Lipinski definition) is 1. The first kappa shape index (κ1) is 14.4. The molecule has 1 heterocycles. The molecule has 2 atom stereocenters. The summed E-state index contributed by atoms with van der Waals surface area (Å²) in [5, 5.41) is 3.58. The molecule has 1 aliphatic rings. The van der Waals surface area contributed by atoms with Crippen molar-refractivity contribution in [1.29, 1.82) is 0 Å². The summed E-state index contributed by atoms with van der Waals surface area (Å²) in [5.74, 6) is 0.639. The summed E-state index contributed by atoms with van der Waals surface area (Å²) in [4.78, 5) is 2.53. The molecule has 1 aromatic rings. The second kappa shape index (κ2) is 5.93. The summed E-state index contributed by atoms with van der Waals surface area (Å²) in [7, 11) is 0. The van der Waals surface area contributed by atoms with E-state index in [9.17, 15) is 0 Å². The van der Waals surface area contributed by atoms with E-state index in [1.54, 1.807) is 0 Å². The maximum atomic E-state index is 3.69. The van der Waals surface area contributed by atoms with Gasteiger partial charge in [-0.25, -0.2) is 0 Å². The average molecular weight is 376 g/mol. The zero-order valence-electron chi connectivity index (χ0n) is 11.1. The molecular weight excluding hydrogens is 356 g/mol. The molecule has 1 saturated heterocycles. The molecule has 0 spiro atoms. The highest BCUT2D eigenvalue weighted by Gasteiger charge is 2.29. The van der Waals surface area contributed by atoms with E-state index >= 15 is 0 Å². The Hall–Kier alpha value is -0.0600. The van der Waals surface area contributed by atoms with Crippen LogP contribution >= 0.6 is 31.9 Å². The third-order valence-electron chi connectivity index (χ3n) is 3.54. The molecule has 1 aliphatic heterocycles. The molecule has 0 radical (unpaired) electrons. The molecule has 18 heavy (non-hydrogen) atoms. The van der Waals surface area contributed by atoms with Crippen molar-refractivity contribution in [1.82, 2.24) is 5.32 Å². The lowest BCUT2D eigenvalue weighted by Crippen LogP contribution is -2.57. The van der Waals surface area contributed by atoms with Gasteiger partial charge in [-0.1, -0.05) is 29.8 Å². The first-order chi connectivity index (χ1) is 8.49. The number of piperazine rings is 1. The minimum atomic E-state index is 0.538. The molecule has 0 aliphatic carbocycles. The average Bonchev–Trinajstić information content (AvgIpc) is 2.28. The summed E-state index contributed by atoms with van der Waals surface area (Å²) in [6.45, 7) is 8.95. The third kappa shape index (κ3) is 3.09. The molecule has 1 N–H and O–H groups in total. The van der Waals surface area contributed by atoms with E-state index < -0.39 is 0 Å². The molecule has 0 saturated carbocycles. The molecule has 2 nitrogen and oxygen atoms in total. The van der Waals surface area contributed by atoms with E-state index in [-0.39, 0.29) is 0 Å². The first-order valence-electron chi connectivity index (χ1n) is 6.44. The van der Waals surface area contributed by atoms with Gasteiger partial charge in [0.05, 0.1) is 5.69 Å². The van der Waals surface area contributed by atoms with Crippen LogP contribution in [0.1, 0.15) is 20.8 Å². The highest BCUT2D eigenvalue weighted by Crippen LogP contribution is 2.33. The summed E-state index contributed by atoms with van der Waals surface area (Å²) in [6, 6.07) is 7.53. The molecule has 0 amide bonds. The molecule has 2 unspecified atom stereocenters. The van der Waals surface area contributed by atoms with Gasteiger partial charge in [-0.3, -0.25) is 0 Å². The Balaban J connectivity index is 2.32. The number of halogens is 2. The van der Waals surface area contributed by atoms with Crippen LogP contribution in [0.15, 0.2) is 27.1 Å². The number of benzene rings is 1. The van der Waals surface area contributed by atoms with Crippen LogP contribution in [0, 0.1) is 5.92 Å². The van der Waals surface area contributed by atoms with Crippen LogP contribution in [0.25, 0.3) is 0 Å². The Morgan fingerprint density at radius 1 is 1.33 bits per heavy atom. The molecular formula is C14H20Br2N2. The number of anilines is 1. The van der Waals surface area contributed by atoms with Crippen molar-refractivity contribution in [2.45, 2.75) is 32.9 Å². The van der Waals surface area contributed by atoms with Crippen LogP contribution in [0.2, 0.25) is 0 Å². The lowest BCUT2D eigenvalue weighted by Gasteiger charge is -2.43. The van der Waals surface area contributed by atoms with Gasteiger partial charge < -0.3 is 10.2 Å². The molecule has 1 fully saturated rings. The minimum Gasteiger partial charge on any atom is -0.365 e. The fraction of sp³-hybridized carbons (Fsp3) is 0.571. The zero-order valence-corrected chi connectivity index (χ0v) is 14.3. The number of hydrogen-bond acceptors (Lipinski definition) is 2. The fourth-order valence-corrected chi connectivity index (χ4v) is 3.79. The highest BCUT2D eigenvalue weighted by molar-refractivity contribution is 9.11. The van der Waals surface area contributed by atoms with E-state index in [4.69, 9.17) is 0 Å². The monoisotopic (exact) mass is 374 g/mol. The quantitative estimate of drug-likeness (QED) is 0.839. The Morgan fingerprint density at radius 2 is 2.06 bits per heavy atom. The van der Waals surface area contributed by atoms with Gasteiger partial charge in [0.25, 0.3) is 0 Å². The second-order valence-electron chi connectivity index (χ2n) is 5.37. The summed E-state index contributed by atoms with van der Waals surface area (Å²) in [5.41, 5.74) is 1.30. The van der Waals surface area contributed by atoms with Gasteiger partial charge in [-0.15, -0.1) is 0 Å². The van der Waals surface area contributed by atoms with Crippen molar-refractivity contribution in [3.05, 3.63) is 27.1 Å². The zero-order chi connectivity index (χ0) is 13.3. The van der Waals surface area contributed by atoms with Crippen molar-refractivity contribution in [3.63, 3.8) is 0 Å². The topological polar surface area (TPSA) is 15.3 Å². The summed E-state index contributed by atoms with van der Waals surface area (Å²) >= 11 is 7.20. The molecule has 0 aromatic heterocycles. The Bertz CT molecular complexity index is 420. The fourth-order valence-electron chi connectivity index (χ4n) is 2.51. The molecule has 1 aromatic carbocycles. The van der Waals surface area contributed by atoms with Crippen LogP contribution in [0.5, 0.6) is 0 Å². The highest BCUT2D eigenvalue weighted by atomic mass is 79.9. The van der Waals surface area contributed by atoms with Crippen molar-refractivity contribution in [2.75, 3.05) is 18.0 Å².